The van der Waals surface area contributed by atoms with Crippen LogP contribution in [0.15, 0.2) is 40.4 Å². The molecule has 0 spiro atoms. The monoisotopic (exact) mass is 310 g/mol. The van der Waals surface area contributed by atoms with Gasteiger partial charge in [-0.05, 0) is 53.5 Å². The van der Waals surface area contributed by atoms with Gasteiger partial charge in [-0.2, -0.15) is 0 Å². The third kappa shape index (κ3) is 3.37. The van der Waals surface area contributed by atoms with Crippen molar-refractivity contribution in [2.45, 2.75) is 25.9 Å². The first-order valence-corrected chi connectivity index (χ1v) is 7.24. The zero-order valence-electron chi connectivity index (χ0n) is 9.85. The second-order valence-corrected chi connectivity index (χ2v) is 5.92. The summed E-state index contributed by atoms with van der Waals surface area (Å²) in [6.07, 6.45) is 3.67. The second-order valence-electron chi connectivity index (χ2n) is 4.06. The number of thiophene rings is 1. The Labute approximate surface area is 114 Å². The molecule has 0 aromatic carbocycles. The van der Waals surface area contributed by atoms with E-state index >= 15 is 0 Å². The molecule has 2 atom stereocenters. The molecule has 0 saturated carbocycles. The van der Waals surface area contributed by atoms with Crippen LogP contribution in [0.25, 0.3) is 0 Å². The molecule has 4 heteroatoms. The molecule has 0 aliphatic carbocycles. The highest BCUT2D eigenvalue weighted by atomic mass is 79.9. The van der Waals surface area contributed by atoms with Crippen molar-refractivity contribution in [3.63, 3.8) is 0 Å². The topological polar surface area (TPSA) is 24.9 Å². The standard InChI is InChI=1S/C13H15BrN2S/c1-9(11-3-5-15-6-4-11)16-10(2)13-7-12(14)8-17-13/h3-10,16H,1-2H3. The van der Waals surface area contributed by atoms with Gasteiger partial charge in [0.05, 0.1) is 0 Å². The number of aromatic nitrogens is 1. The van der Waals surface area contributed by atoms with Crippen LogP contribution < -0.4 is 5.32 Å². The summed E-state index contributed by atoms with van der Waals surface area (Å²) in [6, 6.07) is 6.95. The first-order chi connectivity index (χ1) is 8.16. The molecule has 2 heterocycles. The van der Waals surface area contributed by atoms with Crippen molar-refractivity contribution in [3.05, 3.63) is 50.9 Å². The van der Waals surface area contributed by atoms with Crippen molar-refractivity contribution in [2.75, 3.05) is 0 Å². The van der Waals surface area contributed by atoms with E-state index in [-0.39, 0.29) is 0 Å². The molecule has 0 saturated heterocycles. The summed E-state index contributed by atoms with van der Waals surface area (Å²) in [4.78, 5) is 5.38. The van der Waals surface area contributed by atoms with Crippen molar-refractivity contribution in [3.8, 4) is 0 Å². The minimum Gasteiger partial charge on any atom is -0.303 e. The molecule has 2 rings (SSSR count). The number of hydrogen-bond acceptors (Lipinski definition) is 3. The first-order valence-electron chi connectivity index (χ1n) is 5.56. The molecule has 0 fully saturated rings. The van der Waals surface area contributed by atoms with Crippen molar-refractivity contribution < 1.29 is 0 Å². The Morgan fingerprint density at radius 3 is 2.53 bits per heavy atom. The number of hydrogen-bond donors (Lipinski definition) is 1. The van der Waals surface area contributed by atoms with E-state index in [0.29, 0.717) is 12.1 Å². The normalized spacial score (nSPS) is 14.5. The Hall–Kier alpha value is -0.710. The highest BCUT2D eigenvalue weighted by Gasteiger charge is 2.12. The van der Waals surface area contributed by atoms with E-state index in [4.69, 9.17) is 0 Å². The molecule has 0 radical (unpaired) electrons. The van der Waals surface area contributed by atoms with Crippen LogP contribution in [0.2, 0.25) is 0 Å². The van der Waals surface area contributed by atoms with E-state index in [9.17, 15) is 0 Å². The molecule has 17 heavy (non-hydrogen) atoms. The molecule has 2 aromatic heterocycles. The van der Waals surface area contributed by atoms with Crippen LogP contribution in [0.3, 0.4) is 0 Å². The fourth-order valence-corrected chi connectivity index (χ4v) is 3.22. The van der Waals surface area contributed by atoms with Gasteiger partial charge < -0.3 is 5.32 Å². The minimum absolute atomic E-state index is 0.328. The van der Waals surface area contributed by atoms with Crippen LogP contribution in [-0.4, -0.2) is 4.98 Å². The van der Waals surface area contributed by atoms with E-state index < -0.39 is 0 Å². The Kier molecular flexibility index (Phi) is 4.31. The summed E-state index contributed by atoms with van der Waals surface area (Å²) < 4.78 is 1.16. The lowest BCUT2D eigenvalue weighted by Crippen LogP contribution is -2.21. The molecule has 0 aliphatic heterocycles. The molecule has 0 amide bonds. The quantitative estimate of drug-likeness (QED) is 0.909. The van der Waals surface area contributed by atoms with E-state index in [2.05, 4.69) is 63.7 Å². The Morgan fingerprint density at radius 2 is 1.94 bits per heavy atom. The molecule has 1 N–H and O–H groups in total. The zero-order chi connectivity index (χ0) is 12.3. The van der Waals surface area contributed by atoms with Crippen LogP contribution in [0, 0.1) is 0 Å². The fourth-order valence-electron chi connectivity index (χ4n) is 1.76. The lowest BCUT2D eigenvalue weighted by atomic mass is 10.1. The van der Waals surface area contributed by atoms with E-state index in [0.717, 1.165) is 4.47 Å². The smallest absolute Gasteiger partial charge is 0.0391 e. The maximum atomic E-state index is 4.04. The Morgan fingerprint density at radius 1 is 1.24 bits per heavy atom. The van der Waals surface area contributed by atoms with Gasteiger partial charge in [0.25, 0.3) is 0 Å². The largest absolute Gasteiger partial charge is 0.303 e. The summed E-state index contributed by atoms with van der Waals surface area (Å²) in [6.45, 7) is 4.37. The highest BCUT2D eigenvalue weighted by Crippen LogP contribution is 2.27. The van der Waals surface area contributed by atoms with Crippen LogP contribution in [0.4, 0.5) is 0 Å². The first kappa shape index (κ1) is 12.7. The van der Waals surface area contributed by atoms with Gasteiger partial charge in [0.15, 0.2) is 0 Å². The summed E-state index contributed by atoms with van der Waals surface area (Å²) in [5.74, 6) is 0. The SMILES string of the molecule is CC(NC(C)c1cc(Br)cs1)c1ccncc1. The average Bonchev–Trinajstić information content (AvgIpc) is 2.77. The van der Waals surface area contributed by atoms with E-state index in [1.807, 2.05) is 12.4 Å². The van der Waals surface area contributed by atoms with Gasteiger partial charge in [0, 0.05) is 39.2 Å². The summed E-state index contributed by atoms with van der Waals surface area (Å²) >= 11 is 5.26. The van der Waals surface area contributed by atoms with Gasteiger partial charge in [-0.3, -0.25) is 4.98 Å². The predicted molar refractivity (Wildman–Crippen MR) is 76.2 cm³/mol. The van der Waals surface area contributed by atoms with Gasteiger partial charge >= 0.3 is 0 Å². The molecule has 0 bridgehead atoms. The lowest BCUT2D eigenvalue weighted by Gasteiger charge is -2.19. The second kappa shape index (κ2) is 5.76. The van der Waals surface area contributed by atoms with E-state index in [1.54, 1.807) is 11.3 Å². The predicted octanol–water partition coefficient (Wildman–Crippen LogP) is 4.32. The molecule has 2 nitrogen and oxygen atoms in total. The van der Waals surface area contributed by atoms with Crippen molar-refractivity contribution >= 4 is 27.3 Å². The summed E-state index contributed by atoms with van der Waals surface area (Å²) in [7, 11) is 0. The Bertz CT molecular complexity index is 469. The molecule has 0 aliphatic rings. The van der Waals surface area contributed by atoms with E-state index in [1.165, 1.54) is 10.4 Å². The van der Waals surface area contributed by atoms with Gasteiger partial charge in [0.2, 0.25) is 0 Å². The maximum Gasteiger partial charge on any atom is 0.0391 e. The van der Waals surface area contributed by atoms with Gasteiger partial charge in [-0.15, -0.1) is 11.3 Å². The van der Waals surface area contributed by atoms with Crippen LogP contribution in [-0.2, 0) is 0 Å². The fraction of sp³-hybridized carbons (Fsp3) is 0.308. The van der Waals surface area contributed by atoms with Crippen molar-refractivity contribution in [1.29, 1.82) is 0 Å². The molecule has 90 valence electrons. The van der Waals surface area contributed by atoms with Gasteiger partial charge in [-0.25, -0.2) is 0 Å². The Balaban J connectivity index is 2.02. The number of halogens is 1. The third-order valence-corrected chi connectivity index (χ3v) is 4.60. The minimum atomic E-state index is 0.328. The average molecular weight is 311 g/mol. The molecular weight excluding hydrogens is 296 g/mol. The maximum absolute atomic E-state index is 4.04. The highest BCUT2D eigenvalue weighted by molar-refractivity contribution is 9.10. The summed E-state index contributed by atoms with van der Waals surface area (Å²) in [5.41, 5.74) is 1.27. The lowest BCUT2D eigenvalue weighted by molar-refractivity contribution is 0.500. The number of nitrogens with zero attached hydrogens (tertiary/aromatic N) is 1. The van der Waals surface area contributed by atoms with Crippen molar-refractivity contribution in [1.82, 2.24) is 10.3 Å². The zero-order valence-corrected chi connectivity index (χ0v) is 12.3. The number of rotatable bonds is 4. The molecular formula is C13H15BrN2S. The summed E-state index contributed by atoms with van der Waals surface area (Å²) in [5, 5.41) is 5.70. The number of pyridine rings is 1. The van der Waals surface area contributed by atoms with Crippen LogP contribution in [0.5, 0.6) is 0 Å². The van der Waals surface area contributed by atoms with Crippen LogP contribution in [0.1, 0.15) is 36.4 Å². The van der Waals surface area contributed by atoms with Gasteiger partial charge in [0.1, 0.15) is 0 Å². The molecule has 2 unspecified atom stereocenters. The molecule has 2 aromatic rings. The number of nitrogens with one attached hydrogen (secondary N) is 1. The van der Waals surface area contributed by atoms with Crippen molar-refractivity contribution in [2.24, 2.45) is 0 Å². The third-order valence-electron chi connectivity index (χ3n) is 2.72. The van der Waals surface area contributed by atoms with Crippen LogP contribution >= 0.6 is 27.3 Å². The van der Waals surface area contributed by atoms with Gasteiger partial charge in [-0.1, -0.05) is 0 Å².